The van der Waals surface area contributed by atoms with E-state index >= 15 is 0 Å². The van der Waals surface area contributed by atoms with Crippen LogP contribution in [0.4, 0.5) is 0 Å². The Morgan fingerprint density at radius 3 is 2.68 bits per heavy atom. The van der Waals surface area contributed by atoms with Gasteiger partial charge in [-0.05, 0) is 57.0 Å². The molecule has 1 atom stereocenters. The van der Waals surface area contributed by atoms with E-state index in [0.717, 1.165) is 11.1 Å². The molecule has 0 unspecified atom stereocenters. The Kier molecular flexibility index (Phi) is 4.47. The number of benzene rings is 1. The minimum absolute atomic E-state index is 0.149. The maximum absolute atomic E-state index is 13.2. The van der Waals surface area contributed by atoms with Crippen LogP contribution in [0.25, 0.3) is 22.6 Å². The molecule has 0 radical (unpaired) electrons. The second-order valence-electron chi connectivity index (χ2n) is 7.04. The number of rotatable bonds is 4. The number of pyridine rings is 1. The van der Waals surface area contributed by atoms with Crippen molar-refractivity contribution in [2.45, 2.75) is 33.7 Å². The normalized spacial score (nSPS) is 12.3. The molecule has 142 valence electrons. The molecule has 0 fully saturated rings. The van der Waals surface area contributed by atoms with Crippen molar-refractivity contribution in [1.82, 2.24) is 15.5 Å². The van der Waals surface area contributed by atoms with Gasteiger partial charge in [-0.3, -0.25) is 4.79 Å². The fourth-order valence-corrected chi connectivity index (χ4v) is 3.49. The molecule has 3 aromatic heterocycles. The van der Waals surface area contributed by atoms with Gasteiger partial charge in [0.25, 0.3) is 11.6 Å². The van der Waals surface area contributed by atoms with E-state index in [0.29, 0.717) is 33.8 Å². The molecular formula is C22H21N3O3. The number of furan rings is 1. The monoisotopic (exact) mass is 375 g/mol. The number of fused-ring (bicyclic) bond motifs is 1. The average molecular weight is 375 g/mol. The van der Waals surface area contributed by atoms with E-state index in [1.807, 2.05) is 6.92 Å². The summed E-state index contributed by atoms with van der Waals surface area (Å²) in [5, 5.41) is 7.67. The fraction of sp³-hybridized carbons (Fsp3) is 0.227. The highest BCUT2D eigenvalue weighted by atomic mass is 16.5. The Morgan fingerprint density at radius 1 is 1.14 bits per heavy atom. The third-order valence-electron chi connectivity index (χ3n) is 4.87. The number of nitrogens with one attached hydrogen (secondary N) is 1. The molecule has 28 heavy (non-hydrogen) atoms. The standard InChI is InChI=1S/C22H21N3O3/c1-12-7-8-16(13(2)10-12)14(3)23-21(26)17-11-18(19-6-5-9-27-19)24-22-20(17)15(4)25-28-22/h5-11,14H,1-4H3,(H,23,26)/t14-/m1/s1. The zero-order chi connectivity index (χ0) is 19.8. The smallest absolute Gasteiger partial charge is 0.259 e. The summed E-state index contributed by atoms with van der Waals surface area (Å²) in [5.74, 6) is 0.353. The molecule has 0 saturated carbocycles. The maximum atomic E-state index is 13.2. The predicted octanol–water partition coefficient (Wildman–Crippen LogP) is 4.90. The molecular weight excluding hydrogens is 354 g/mol. The summed E-state index contributed by atoms with van der Waals surface area (Å²) >= 11 is 0. The van der Waals surface area contributed by atoms with Gasteiger partial charge in [0.1, 0.15) is 5.69 Å². The Balaban J connectivity index is 1.73. The van der Waals surface area contributed by atoms with E-state index < -0.39 is 0 Å². The van der Waals surface area contributed by atoms with Gasteiger partial charge in [-0.2, -0.15) is 0 Å². The predicted molar refractivity (Wildman–Crippen MR) is 106 cm³/mol. The SMILES string of the molecule is Cc1ccc([C@@H](C)NC(=O)c2cc(-c3ccco3)nc3onc(C)c23)c(C)c1. The third kappa shape index (κ3) is 3.17. The van der Waals surface area contributed by atoms with Crippen LogP contribution in [-0.4, -0.2) is 16.0 Å². The summed E-state index contributed by atoms with van der Waals surface area (Å²) in [6.07, 6.45) is 1.56. The van der Waals surface area contributed by atoms with Crippen molar-refractivity contribution in [2.24, 2.45) is 0 Å². The Morgan fingerprint density at radius 2 is 1.96 bits per heavy atom. The fourth-order valence-electron chi connectivity index (χ4n) is 3.49. The summed E-state index contributed by atoms with van der Waals surface area (Å²) < 4.78 is 10.7. The number of amides is 1. The van der Waals surface area contributed by atoms with Gasteiger partial charge < -0.3 is 14.3 Å². The molecule has 0 aliphatic heterocycles. The van der Waals surface area contributed by atoms with Crippen molar-refractivity contribution in [3.05, 3.63) is 70.6 Å². The van der Waals surface area contributed by atoms with Gasteiger partial charge in [-0.1, -0.05) is 28.9 Å². The van der Waals surface area contributed by atoms with Crippen LogP contribution in [-0.2, 0) is 0 Å². The van der Waals surface area contributed by atoms with Gasteiger partial charge in [0.2, 0.25) is 0 Å². The van der Waals surface area contributed by atoms with E-state index in [1.54, 1.807) is 31.4 Å². The largest absolute Gasteiger partial charge is 0.463 e. The Labute approximate surface area is 162 Å². The minimum Gasteiger partial charge on any atom is -0.463 e. The van der Waals surface area contributed by atoms with Crippen molar-refractivity contribution in [2.75, 3.05) is 0 Å². The van der Waals surface area contributed by atoms with Crippen LogP contribution in [0.15, 0.2) is 51.6 Å². The molecule has 0 bridgehead atoms. The average Bonchev–Trinajstić information content (AvgIpc) is 3.31. The van der Waals surface area contributed by atoms with E-state index in [2.05, 4.69) is 47.5 Å². The number of aromatic nitrogens is 2. The van der Waals surface area contributed by atoms with Gasteiger partial charge in [0.15, 0.2) is 5.76 Å². The van der Waals surface area contributed by atoms with Gasteiger partial charge in [0, 0.05) is 0 Å². The van der Waals surface area contributed by atoms with Crippen molar-refractivity contribution >= 4 is 17.0 Å². The van der Waals surface area contributed by atoms with Crippen molar-refractivity contribution < 1.29 is 13.7 Å². The summed E-state index contributed by atoms with van der Waals surface area (Å²) in [6, 6.07) is 11.3. The number of nitrogens with zero attached hydrogens (tertiary/aromatic N) is 2. The van der Waals surface area contributed by atoms with Crippen LogP contribution in [0.3, 0.4) is 0 Å². The van der Waals surface area contributed by atoms with Crippen LogP contribution in [0.5, 0.6) is 0 Å². The van der Waals surface area contributed by atoms with Crippen LogP contribution < -0.4 is 5.32 Å². The number of carbonyl (C=O) groups excluding carboxylic acids is 1. The lowest BCUT2D eigenvalue weighted by Crippen LogP contribution is -2.27. The molecule has 1 aromatic carbocycles. The summed E-state index contributed by atoms with van der Waals surface area (Å²) in [6.45, 7) is 7.87. The zero-order valence-electron chi connectivity index (χ0n) is 16.2. The summed E-state index contributed by atoms with van der Waals surface area (Å²) in [5.41, 5.74) is 5.35. The van der Waals surface area contributed by atoms with Crippen molar-refractivity contribution in [1.29, 1.82) is 0 Å². The molecule has 3 heterocycles. The molecule has 1 N–H and O–H groups in total. The van der Waals surface area contributed by atoms with Crippen LogP contribution in [0.1, 0.15) is 45.7 Å². The molecule has 0 aliphatic carbocycles. The van der Waals surface area contributed by atoms with Crippen molar-refractivity contribution in [3.8, 4) is 11.5 Å². The van der Waals surface area contributed by atoms with Gasteiger partial charge in [-0.25, -0.2) is 4.98 Å². The highest BCUT2D eigenvalue weighted by Gasteiger charge is 2.22. The third-order valence-corrected chi connectivity index (χ3v) is 4.87. The van der Waals surface area contributed by atoms with E-state index in [4.69, 9.17) is 8.94 Å². The lowest BCUT2D eigenvalue weighted by atomic mass is 9.99. The second kappa shape index (κ2) is 6.96. The van der Waals surface area contributed by atoms with Crippen LogP contribution in [0.2, 0.25) is 0 Å². The van der Waals surface area contributed by atoms with Crippen molar-refractivity contribution in [3.63, 3.8) is 0 Å². The highest BCUT2D eigenvalue weighted by Crippen LogP contribution is 2.28. The highest BCUT2D eigenvalue weighted by molar-refractivity contribution is 6.07. The molecule has 0 spiro atoms. The first kappa shape index (κ1) is 18.0. The lowest BCUT2D eigenvalue weighted by molar-refractivity contribution is 0.0941. The van der Waals surface area contributed by atoms with Crippen LogP contribution in [0, 0.1) is 20.8 Å². The van der Waals surface area contributed by atoms with Crippen LogP contribution >= 0.6 is 0 Å². The summed E-state index contributed by atoms with van der Waals surface area (Å²) in [7, 11) is 0. The first-order chi connectivity index (χ1) is 13.4. The zero-order valence-corrected chi connectivity index (χ0v) is 16.2. The number of carbonyl (C=O) groups is 1. The molecule has 0 aliphatic rings. The van der Waals surface area contributed by atoms with E-state index in [-0.39, 0.29) is 11.9 Å². The Hall–Kier alpha value is -3.41. The molecule has 6 heteroatoms. The molecule has 1 amide bonds. The molecule has 4 aromatic rings. The first-order valence-electron chi connectivity index (χ1n) is 9.13. The first-order valence-corrected chi connectivity index (χ1v) is 9.13. The molecule has 4 rings (SSSR count). The second-order valence-corrected chi connectivity index (χ2v) is 7.04. The number of aryl methyl sites for hydroxylation is 3. The van der Waals surface area contributed by atoms with Gasteiger partial charge >= 0.3 is 0 Å². The molecule has 6 nitrogen and oxygen atoms in total. The lowest BCUT2D eigenvalue weighted by Gasteiger charge is -2.17. The summed E-state index contributed by atoms with van der Waals surface area (Å²) in [4.78, 5) is 17.6. The quantitative estimate of drug-likeness (QED) is 0.549. The maximum Gasteiger partial charge on any atom is 0.259 e. The minimum atomic E-state index is -0.209. The number of hydrogen-bond acceptors (Lipinski definition) is 5. The topological polar surface area (TPSA) is 81.2 Å². The van der Waals surface area contributed by atoms with Gasteiger partial charge in [-0.15, -0.1) is 0 Å². The Bertz CT molecular complexity index is 1160. The van der Waals surface area contributed by atoms with E-state index in [9.17, 15) is 4.79 Å². The van der Waals surface area contributed by atoms with Gasteiger partial charge in [0.05, 0.1) is 28.9 Å². The van der Waals surface area contributed by atoms with E-state index in [1.165, 1.54) is 5.56 Å². The molecule has 0 saturated heterocycles. The number of hydrogen-bond donors (Lipinski definition) is 1.